The molecule has 1 aromatic carbocycles. The van der Waals surface area contributed by atoms with Crippen LogP contribution >= 0.6 is 11.3 Å². The van der Waals surface area contributed by atoms with Crippen LogP contribution in [0.2, 0.25) is 0 Å². The zero-order valence-corrected chi connectivity index (χ0v) is 15.0. The summed E-state index contributed by atoms with van der Waals surface area (Å²) in [6, 6.07) is 5.99. The van der Waals surface area contributed by atoms with Crippen LogP contribution in [0.1, 0.15) is 30.1 Å². The van der Waals surface area contributed by atoms with Crippen LogP contribution in [-0.4, -0.2) is 28.5 Å². The van der Waals surface area contributed by atoms with Crippen LogP contribution in [0.3, 0.4) is 0 Å². The summed E-state index contributed by atoms with van der Waals surface area (Å²) in [6.45, 7) is 1.14. The Kier molecular flexibility index (Phi) is 3.81. The quantitative estimate of drug-likeness (QED) is 0.751. The molecule has 1 fully saturated rings. The average molecular weight is 369 g/mol. The van der Waals surface area contributed by atoms with Crippen molar-refractivity contribution in [2.75, 3.05) is 13.2 Å². The first-order valence-corrected chi connectivity index (χ1v) is 9.74. The maximum atomic E-state index is 12.6. The number of carbonyl (C=O) groups excluding carboxylic acids is 1. The van der Waals surface area contributed by atoms with E-state index in [1.165, 1.54) is 0 Å². The van der Waals surface area contributed by atoms with E-state index in [9.17, 15) is 4.79 Å². The maximum Gasteiger partial charge on any atom is 0.226 e. The highest BCUT2D eigenvalue weighted by atomic mass is 32.1. The van der Waals surface area contributed by atoms with E-state index in [1.807, 2.05) is 40.4 Å². The topological polar surface area (TPSA) is 64.9 Å². The minimum atomic E-state index is 0.00235. The lowest BCUT2D eigenvalue weighted by atomic mass is 10.0. The molecule has 0 spiro atoms. The number of aromatic nitrogens is 2. The first-order valence-electron chi connectivity index (χ1n) is 8.86. The van der Waals surface area contributed by atoms with Gasteiger partial charge >= 0.3 is 0 Å². The molecule has 134 valence electrons. The Hall–Kier alpha value is -2.54. The highest BCUT2D eigenvalue weighted by molar-refractivity contribution is 7.15. The Bertz CT molecular complexity index is 932. The standard InChI is InChI=1S/C19H19N3O3S/c23-17(10-14-11-22-5-8-26-19(22)20-14)21-18(12-1-2-12)13-3-4-15-16(9-13)25-7-6-24-15/h3-5,8-9,11-12,18H,1-2,6-7,10H2,(H,21,23). The Labute approximate surface area is 154 Å². The summed E-state index contributed by atoms with van der Waals surface area (Å²) in [5, 5.41) is 5.19. The molecule has 5 rings (SSSR count). The number of thiazole rings is 1. The van der Waals surface area contributed by atoms with Crippen molar-refractivity contribution in [1.29, 1.82) is 0 Å². The average Bonchev–Trinajstić information content (AvgIpc) is 3.29. The van der Waals surface area contributed by atoms with Gasteiger partial charge in [-0.05, 0) is 36.5 Å². The lowest BCUT2D eigenvalue weighted by Gasteiger charge is -2.23. The second kappa shape index (κ2) is 6.32. The van der Waals surface area contributed by atoms with Gasteiger partial charge in [0.25, 0.3) is 0 Å². The van der Waals surface area contributed by atoms with E-state index in [1.54, 1.807) is 11.3 Å². The second-order valence-corrected chi connectivity index (χ2v) is 7.66. The number of ether oxygens (including phenoxy) is 2. The summed E-state index contributed by atoms with van der Waals surface area (Å²) < 4.78 is 13.2. The number of fused-ring (bicyclic) bond motifs is 2. The van der Waals surface area contributed by atoms with Crippen molar-refractivity contribution in [2.24, 2.45) is 5.92 Å². The van der Waals surface area contributed by atoms with E-state index in [0.717, 1.165) is 40.6 Å². The fourth-order valence-electron chi connectivity index (χ4n) is 3.41. The fraction of sp³-hybridized carbons (Fsp3) is 0.368. The lowest BCUT2D eigenvalue weighted by Crippen LogP contribution is -2.31. The number of amides is 1. The normalized spacial score (nSPS) is 17.2. The zero-order valence-electron chi connectivity index (χ0n) is 14.2. The molecular formula is C19H19N3O3S. The van der Waals surface area contributed by atoms with E-state index >= 15 is 0 Å². The van der Waals surface area contributed by atoms with Crippen LogP contribution < -0.4 is 14.8 Å². The molecule has 2 aromatic heterocycles. The van der Waals surface area contributed by atoms with Crippen LogP contribution in [0, 0.1) is 5.92 Å². The molecule has 2 aliphatic rings. The molecule has 1 unspecified atom stereocenters. The van der Waals surface area contributed by atoms with Crippen molar-refractivity contribution in [3.8, 4) is 11.5 Å². The third kappa shape index (κ3) is 3.03. The van der Waals surface area contributed by atoms with Gasteiger partial charge in [-0.15, -0.1) is 11.3 Å². The van der Waals surface area contributed by atoms with E-state index in [4.69, 9.17) is 9.47 Å². The van der Waals surface area contributed by atoms with Crippen LogP contribution in [0.15, 0.2) is 36.0 Å². The molecule has 7 heteroatoms. The summed E-state index contributed by atoms with van der Waals surface area (Å²) in [6.07, 6.45) is 6.44. The number of nitrogens with zero attached hydrogens (tertiary/aromatic N) is 2. The Morgan fingerprint density at radius 1 is 1.31 bits per heavy atom. The van der Waals surface area contributed by atoms with Gasteiger partial charge in [0.05, 0.1) is 18.2 Å². The molecular weight excluding hydrogens is 350 g/mol. The number of nitrogens with one attached hydrogen (secondary N) is 1. The van der Waals surface area contributed by atoms with Gasteiger partial charge in [-0.1, -0.05) is 6.07 Å². The van der Waals surface area contributed by atoms with Gasteiger partial charge in [-0.3, -0.25) is 9.20 Å². The number of rotatable bonds is 5. The lowest BCUT2D eigenvalue weighted by molar-refractivity contribution is -0.121. The summed E-state index contributed by atoms with van der Waals surface area (Å²) >= 11 is 1.57. The molecule has 0 radical (unpaired) electrons. The van der Waals surface area contributed by atoms with Crippen LogP contribution in [0.25, 0.3) is 4.96 Å². The third-order valence-electron chi connectivity index (χ3n) is 4.82. The minimum absolute atomic E-state index is 0.00235. The molecule has 1 saturated carbocycles. The molecule has 26 heavy (non-hydrogen) atoms. The van der Waals surface area contributed by atoms with Crippen molar-refractivity contribution in [3.63, 3.8) is 0 Å². The van der Waals surface area contributed by atoms with E-state index < -0.39 is 0 Å². The molecule has 1 N–H and O–H groups in total. The van der Waals surface area contributed by atoms with Gasteiger partial charge in [0.15, 0.2) is 16.5 Å². The van der Waals surface area contributed by atoms with Crippen LogP contribution in [0.5, 0.6) is 11.5 Å². The van der Waals surface area contributed by atoms with Gasteiger partial charge < -0.3 is 14.8 Å². The molecule has 1 amide bonds. The highest BCUT2D eigenvalue weighted by Crippen LogP contribution is 2.43. The van der Waals surface area contributed by atoms with Crippen LogP contribution in [-0.2, 0) is 11.2 Å². The third-order valence-corrected chi connectivity index (χ3v) is 5.59. The van der Waals surface area contributed by atoms with Crippen molar-refractivity contribution in [3.05, 3.63) is 47.2 Å². The van der Waals surface area contributed by atoms with Crippen molar-refractivity contribution < 1.29 is 14.3 Å². The molecule has 3 heterocycles. The Morgan fingerprint density at radius 3 is 2.96 bits per heavy atom. The van der Waals surface area contributed by atoms with Gasteiger partial charge in [-0.2, -0.15) is 0 Å². The van der Waals surface area contributed by atoms with Crippen molar-refractivity contribution in [1.82, 2.24) is 14.7 Å². The highest BCUT2D eigenvalue weighted by Gasteiger charge is 2.34. The fourth-order valence-corrected chi connectivity index (χ4v) is 4.13. The van der Waals surface area contributed by atoms with Gasteiger partial charge in [0.2, 0.25) is 5.91 Å². The summed E-state index contributed by atoms with van der Waals surface area (Å²) in [5.41, 5.74) is 1.88. The second-order valence-electron chi connectivity index (χ2n) is 6.79. The number of hydrogen-bond acceptors (Lipinski definition) is 5. The summed E-state index contributed by atoms with van der Waals surface area (Å²) in [7, 11) is 0. The Balaban J connectivity index is 1.32. The maximum absolute atomic E-state index is 12.6. The molecule has 1 atom stereocenters. The smallest absolute Gasteiger partial charge is 0.226 e. The summed E-state index contributed by atoms with van der Waals surface area (Å²) in [5.74, 6) is 2.04. The molecule has 1 aliphatic carbocycles. The summed E-state index contributed by atoms with van der Waals surface area (Å²) in [4.78, 5) is 18.0. The number of imidazole rings is 1. The molecule has 3 aromatic rings. The minimum Gasteiger partial charge on any atom is -0.486 e. The van der Waals surface area contributed by atoms with Crippen molar-refractivity contribution >= 4 is 22.2 Å². The SMILES string of the molecule is O=C(Cc1cn2ccsc2n1)NC(c1ccc2c(c1)OCCO2)C1CC1. The molecule has 0 saturated heterocycles. The van der Waals surface area contributed by atoms with Gasteiger partial charge in [0.1, 0.15) is 13.2 Å². The van der Waals surface area contributed by atoms with E-state index in [0.29, 0.717) is 25.6 Å². The van der Waals surface area contributed by atoms with E-state index in [2.05, 4.69) is 10.3 Å². The molecule has 0 bridgehead atoms. The Morgan fingerprint density at radius 2 is 2.15 bits per heavy atom. The van der Waals surface area contributed by atoms with Gasteiger partial charge in [0, 0.05) is 17.8 Å². The van der Waals surface area contributed by atoms with Crippen LogP contribution in [0.4, 0.5) is 0 Å². The first kappa shape index (κ1) is 15.7. The zero-order chi connectivity index (χ0) is 17.5. The first-order chi connectivity index (χ1) is 12.8. The van der Waals surface area contributed by atoms with Gasteiger partial charge in [-0.25, -0.2) is 4.98 Å². The monoisotopic (exact) mass is 369 g/mol. The molecule has 1 aliphatic heterocycles. The predicted molar refractivity (Wildman–Crippen MR) is 97.8 cm³/mol. The number of benzene rings is 1. The van der Waals surface area contributed by atoms with Crippen molar-refractivity contribution in [2.45, 2.75) is 25.3 Å². The predicted octanol–water partition coefficient (Wildman–Crippen LogP) is 2.98. The largest absolute Gasteiger partial charge is 0.486 e. The molecule has 6 nitrogen and oxygen atoms in total. The number of hydrogen-bond donors (Lipinski definition) is 1. The van der Waals surface area contributed by atoms with E-state index in [-0.39, 0.29) is 11.9 Å². The number of carbonyl (C=O) groups is 1.